The van der Waals surface area contributed by atoms with Crippen LogP contribution in [0, 0.1) is 3.57 Å². The van der Waals surface area contributed by atoms with Crippen LogP contribution < -0.4 is 0 Å². The van der Waals surface area contributed by atoms with Crippen molar-refractivity contribution in [2.24, 2.45) is 0 Å². The number of piperazine rings is 1. The van der Waals surface area contributed by atoms with Gasteiger partial charge >= 0.3 is 0 Å². The van der Waals surface area contributed by atoms with Gasteiger partial charge in [-0.25, -0.2) is 0 Å². The second kappa shape index (κ2) is 6.90. The maximum absolute atomic E-state index is 12.5. The first-order valence-corrected chi connectivity index (χ1v) is 8.04. The van der Waals surface area contributed by atoms with Crippen LogP contribution in [0.4, 0.5) is 0 Å². The average molecular weight is 393 g/mol. The van der Waals surface area contributed by atoms with Gasteiger partial charge in [0.25, 0.3) is 5.91 Å². The summed E-state index contributed by atoms with van der Waals surface area (Å²) in [6.45, 7) is 6.86. The predicted molar refractivity (Wildman–Crippen MR) is 86.8 cm³/mol. The van der Waals surface area contributed by atoms with E-state index < -0.39 is 0 Å². The fraction of sp³-hybridized carbons (Fsp3) is 0.500. The first-order chi connectivity index (χ1) is 9.11. The first-order valence-electron chi connectivity index (χ1n) is 6.58. The number of carbonyl (C=O) groups excluding carboxylic acids is 1. The fourth-order valence-corrected chi connectivity index (χ4v) is 3.06. The van der Waals surface area contributed by atoms with Crippen LogP contribution in [-0.4, -0.2) is 48.4 Å². The minimum atomic E-state index is 0.100. The summed E-state index contributed by atoms with van der Waals surface area (Å²) in [7, 11) is 0. The van der Waals surface area contributed by atoms with Crippen molar-refractivity contribution in [1.29, 1.82) is 0 Å². The second-order valence-corrected chi connectivity index (χ2v) is 6.36. The van der Waals surface area contributed by atoms with Gasteiger partial charge < -0.3 is 4.90 Å². The molecule has 1 amide bonds. The number of halogens is 2. The molecule has 0 radical (unpaired) electrons. The van der Waals surface area contributed by atoms with Crippen molar-refractivity contribution >= 4 is 40.1 Å². The van der Waals surface area contributed by atoms with Gasteiger partial charge in [0.15, 0.2) is 0 Å². The molecule has 0 bridgehead atoms. The first kappa shape index (κ1) is 15.1. The summed E-state index contributed by atoms with van der Waals surface area (Å²) >= 11 is 8.17. The molecule has 2 rings (SSSR count). The molecule has 19 heavy (non-hydrogen) atoms. The highest BCUT2D eigenvalue weighted by molar-refractivity contribution is 14.1. The normalized spacial score (nSPS) is 16.7. The third kappa shape index (κ3) is 3.83. The monoisotopic (exact) mass is 392 g/mol. The highest BCUT2D eigenvalue weighted by atomic mass is 127. The van der Waals surface area contributed by atoms with Crippen LogP contribution in [0.15, 0.2) is 18.2 Å². The lowest BCUT2D eigenvalue weighted by molar-refractivity contribution is 0.0636. The van der Waals surface area contributed by atoms with Gasteiger partial charge in [-0.15, -0.1) is 0 Å². The molecule has 1 saturated heterocycles. The molecule has 5 heteroatoms. The molecule has 3 nitrogen and oxygen atoms in total. The van der Waals surface area contributed by atoms with E-state index in [0.29, 0.717) is 5.02 Å². The van der Waals surface area contributed by atoms with Crippen molar-refractivity contribution in [3.8, 4) is 0 Å². The zero-order valence-electron chi connectivity index (χ0n) is 11.0. The molecule has 1 aromatic rings. The predicted octanol–water partition coefficient (Wildman–Crippen LogP) is 3.11. The Hall–Kier alpha value is -0.330. The van der Waals surface area contributed by atoms with E-state index in [1.54, 1.807) is 6.07 Å². The number of hydrogen-bond acceptors (Lipinski definition) is 2. The molecule has 1 heterocycles. The van der Waals surface area contributed by atoms with E-state index in [-0.39, 0.29) is 5.91 Å². The molecule has 0 spiro atoms. The van der Waals surface area contributed by atoms with E-state index in [2.05, 4.69) is 34.4 Å². The summed E-state index contributed by atoms with van der Waals surface area (Å²) in [6.07, 6.45) is 1.17. The Morgan fingerprint density at radius 2 is 2.00 bits per heavy atom. The van der Waals surface area contributed by atoms with Gasteiger partial charge in [0.1, 0.15) is 0 Å². The smallest absolute Gasteiger partial charge is 0.255 e. The summed E-state index contributed by atoms with van der Waals surface area (Å²) < 4.78 is 0.961. The zero-order chi connectivity index (χ0) is 13.8. The van der Waals surface area contributed by atoms with Gasteiger partial charge in [0, 0.05) is 34.8 Å². The van der Waals surface area contributed by atoms with Crippen molar-refractivity contribution in [3.63, 3.8) is 0 Å². The van der Waals surface area contributed by atoms with Crippen molar-refractivity contribution in [1.82, 2.24) is 9.80 Å². The minimum Gasteiger partial charge on any atom is -0.336 e. The second-order valence-electron chi connectivity index (χ2n) is 4.76. The van der Waals surface area contributed by atoms with Crippen LogP contribution in [0.25, 0.3) is 0 Å². The Morgan fingerprint density at radius 3 is 2.63 bits per heavy atom. The highest BCUT2D eigenvalue weighted by Crippen LogP contribution is 2.20. The Balaban J connectivity index is 2.03. The number of carbonyl (C=O) groups is 1. The molecule has 104 valence electrons. The lowest BCUT2D eigenvalue weighted by Gasteiger charge is -2.34. The van der Waals surface area contributed by atoms with Gasteiger partial charge in [-0.3, -0.25) is 9.69 Å². The molecule has 0 atom stereocenters. The molecule has 1 aliphatic heterocycles. The van der Waals surface area contributed by atoms with Gasteiger partial charge in [0.05, 0.1) is 5.56 Å². The van der Waals surface area contributed by atoms with Gasteiger partial charge in [0.2, 0.25) is 0 Å². The molecule has 0 aliphatic carbocycles. The average Bonchev–Trinajstić information content (AvgIpc) is 2.42. The molecule has 1 aromatic carbocycles. The third-order valence-corrected chi connectivity index (χ3v) is 4.53. The van der Waals surface area contributed by atoms with Gasteiger partial charge in [-0.05, 0) is 53.8 Å². The minimum absolute atomic E-state index is 0.100. The number of nitrogens with zero attached hydrogens (tertiary/aromatic N) is 2. The topological polar surface area (TPSA) is 23.6 Å². The van der Waals surface area contributed by atoms with E-state index in [9.17, 15) is 4.79 Å². The molecule has 0 unspecified atom stereocenters. The van der Waals surface area contributed by atoms with Crippen molar-refractivity contribution in [2.45, 2.75) is 13.3 Å². The Morgan fingerprint density at radius 1 is 1.32 bits per heavy atom. The molecular weight excluding hydrogens is 375 g/mol. The zero-order valence-corrected chi connectivity index (χ0v) is 13.9. The van der Waals surface area contributed by atoms with E-state index in [0.717, 1.165) is 41.9 Å². The van der Waals surface area contributed by atoms with Crippen LogP contribution in [0.1, 0.15) is 23.7 Å². The molecule has 0 saturated carbocycles. The SMILES string of the molecule is CCCN1CCN(C(=O)c2cc(Cl)ccc2I)CC1. The van der Waals surface area contributed by atoms with Gasteiger partial charge in [-0.1, -0.05) is 18.5 Å². The van der Waals surface area contributed by atoms with Crippen LogP contribution in [0.5, 0.6) is 0 Å². The van der Waals surface area contributed by atoms with Crippen molar-refractivity contribution < 1.29 is 4.79 Å². The standard InChI is InChI=1S/C14H18ClIN2O/c1-2-5-17-6-8-18(9-7-17)14(19)12-10-11(15)3-4-13(12)16/h3-4,10H,2,5-9H2,1H3. The van der Waals surface area contributed by atoms with E-state index in [4.69, 9.17) is 11.6 Å². The van der Waals surface area contributed by atoms with Crippen LogP contribution in [0.3, 0.4) is 0 Å². The Kier molecular flexibility index (Phi) is 5.47. The summed E-state index contributed by atoms with van der Waals surface area (Å²) in [6, 6.07) is 5.48. The largest absolute Gasteiger partial charge is 0.336 e. The maximum atomic E-state index is 12.5. The lowest BCUT2D eigenvalue weighted by atomic mass is 10.2. The van der Waals surface area contributed by atoms with E-state index in [1.807, 2.05) is 17.0 Å². The number of hydrogen-bond donors (Lipinski definition) is 0. The summed E-state index contributed by atoms with van der Waals surface area (Å²) in [5.74, 6) is 0.100. The third-order valence-electron chi connectivity index (χ3n) is 3.36. The Bertz CT molecular complexity index is 459. The van der Waals surface area contributed by atoms with Crippen LogP contribution >= 0.6 is 34.2 Å². The number of benzene rings is 1. The molecule has 0 aromatic heterocycles. The van der Waals surface area contributed by atoms with E-state index >= 15 is 0 Å². The number of rotatable bonds is 3. The maximum Gasteiger partial charge on any atom is 0.255 e. The fourth-order valence-electron chi connectivity index (χ4n) is 2.32. The van der Waals surface area contributed by atoms with Crippen molar-refractivity contribution in [2.75, 3.05) is 32.7 Å². The van der Waals surface area contributed by atoms with E-state index in [1.165, 1.54) is 6.42 Å². The molecular formula is C14H18ClIN2O. The van der Waals surface area contributed by atoms with Crippen LogP contribution in [-0.2, 0) is 0 Å². The highest BCUT2D eigenvalue weighted by Gasteiger charge is 2.23. The number of amides is 1. The van der Waals surface area contributed by atoms with Gasteiger partial charge in [-0.2, -0.15) is 0 Å². The quantitative estimate of drug-likeness (QED) is 0.738. The molecule has 1 aliphatic rings. The van der Waals surface area contributed by atoms with Crippen molar-refractivity contribution in [3.05, 3.63) is 32.4 Å². The lowest BCUT2D eigenvalue weighted by Crippen LogP contribution is -2.48. The Labute approximate surface area is 133 Å². The molecule has 0 N–H and O–H groups in total. The summed E-state index contributed by atoms with van der Waals surface area (Å²) in [5.41, 5.74) is 0.719. The van der Waals surface area contributed by atoms with Crippen LogP contribution in [0.2, 0.25) is 5.02 Å². The summed E-state index contributed by atoms with van der Waals surface area (Å²) in [4.78, 5) is 16.8. The summed E-state index contributed by atoms with van der Waals surface area (Å²) in [5, 5.41) is 0.619. The molecule has 1 fully saturated rings.